The molecule has 0 aliphatic heterocycles. The van der Waals surface area contributed by atoms with Crippen molar-refractivity contribution in [2.45, 2.75) is 40.2 Å². The third kappa shape index (κ3) is 3.47. The monoisotopic (exact) mass is 264 g/mol. The van der Waals surface area contributed by atoms with Crippen LogP contribution < -0.4 is 10.6 Å². The van der Waals surface area contributed by atoms with Crippen LogP contribution in [0.15, 0.2) is 6.07 Å². The van der Waals surface area contributed by atoms with Gasteiger partial charge in [-0.05, 0) is 56.4 Å². The molecule has 0 radical (unpaired) electrons. The van der Waals surface area contributed by atoms with Crippen molar-refractivity contribution < 1.29 is 9.90 Å². The predicted octanol–water partition coefficient (Wildman–Crippen LogP) is 2.16. The first-order valence-corrected chi connectivity index (χ1v) is 6.52. The largest absolute Gasteiger partial charge is 0.480 e. The van der Waals surface area contributed by atoms with Crippen LogP contribution in [-0.2, 0) is 4.79 Å². The summed E-state index contributed by atoms with van der Waals surface area (Å²) in [6.45, 7) is 9.04. The summed E-state index contributed by atoms with van der Waals surface area (Å²) in [5.41, 5.74) is 11.7. The van der Waals surface area contributed by atoms with Gasteiger partial charge in [0.1, 0.15) is 6.04 Å². The number of carboxylic acid groups (broad SMARTS) is 1. The van der Waals surface area contributed by atoms with E-state index in [2.05, 4.69) is 38.7 Å². The Bertz CT molecular complexity index is 457. The SMILES string of the molecule is Cc1cc(C)c(C)c(N(C)CCC(N)C(=O)O)c1C. The topological polar surface area (TPSA) is 66.6 Å². The molecule has 0 saturated carbocycles. The van der Waals surface area contributed by atoms with Crippen LogP contribution >= 0.6 is 0 Å². The van der Waals surface area contributed by atoms with Crippen LogP contribution in [-0.4, -0.2) is 30.7 Å². The summed E-state index contributed by atoms with van der Waals surface area (Å²) in [5, 5.41) is 8.82. The number of anilines is 1. The summed E-state index contributed by atoms with van der Waals surface area (Å²) in [6, 6.07) is 1.39. The van der Waals surface area contributed by atoms with E-state index in [1.807, 2.05) is 7.05 Å². The molecule has 0 aliphatic rings. The molecule has 1 atom stereocenters. The highest BCUT2D eigenvalue weighted by Crippen LogP contribution is 2.29. The van der Waals surface area contributed by atoms with Crippen LogP contribution in [0.5, 0.6) is 0 Å². The Morgan fingerprint density at radius 2 is 1.74 bits per heavy atom. The van der Waals surface area contributed by atoms with E-state index >= 15 is 0 Å². The van der Waals surface area contributed by atoms with Gasteiger partial charge in [-0.25, -0.2) is 0 Å². The average Bonchev–Trinajstić information content (AvgIpc) is 2.33. The summed E-state index contributed by atoms with van der Waals surface area (Å²) in [5.74, 6) is -0.942. The quantitative estimate of drug-likeness (QED) is 0.855. The van der Waals surface area contributed by atoms with Gasteiger partial charge in [-0.15, -0.1) is 0 Å². The second-order valence-electron chi connectivity index (χ2n) is 5.26. The number of hydrogen-bond donors (Lipinski definition) is 2. The molecule has 0 saturated heterocycles. The van der Waals surface area contributed by atoms with E-state index in [0.717, 1.165) is 0 Å². The molecular weight excluding hydrogens is 240 g/mol. The number of hydrogen-bond acceptors (Lipinski definition) is 3. The minimum Gasteiger partial charge on any atom is -0.480 e. The van der Waals surface area contributed by atoms with E-state index in [0.29, 0.717) is 13.0 Å². The van der Waals surface area contributed by atoms with Gasteiger partial charge in [-0.2, -0.15) is 0 Å². The van der Waals surface area contributed by atoms with E-state index < -0.39 is 12.0 Å². The second kappa shape index (κ2) is 6.06. The second-order valence-corrected chi connectivity index (χ2v) is 5.26. The minimum absolute atomic E-state index is 0.442. The van der Waals surface area contributed by atoms with Crippen LogP contribution in [0, 0.1) is 27.7 Å². The smallest absolute Gasteiger partial charge is 0.320 e. The van der Waals surface area contributed by atoms with E-state index in [4.69, 9.17) is 10.8 Å². The summed E-state index contributed by atoms with van der Waals surface area (Å²) < 4.78 is 0. The lowest BCUT2D eigenvalue weighted by molar-refractivity contribution is -0.138. The molecule has 1 rings (SSSR count). The zero-order chi connectivity index (χ0) is 14.7. The fraction of sp³-hybridized carbons (Fsp3) is 0.533. The van der Waals surface area contributed by atoms with Crippen molar-refractivity contribution in [1.82, 2.24) is 0 Å². The highest BCUT2D eigenvalue weighted by molar-refractivity contribution is 5.73. The molecule has 3 N–H and O–H groups in total. The molecule has 1 aromatic rings. The van der Waals surface area contributed by atoms with Gasteiger partial charge in [0.25, 0.3) is 0 Å². The van der Waals surface area contributed by atoms with Gasteiger partial charge >= 0.3 is 5.97 Å². The molecule has 0 aliphatic carbocycles. The normalized spacial score (nSPS) is 12.3. The van der Waals surface area contributed by atoms with E-state index in [1.165, 1.54) is 27.9 Å². The Morgan fingerprint density at radius 3 is 2.16 bits per heavy atom. The molecule has 106 valence electrons. The Labute approximate surface area is 115 Å². The number of rotatable bonds is 5. The van der Waals surface area contributed by atoms with Gasteiger partial charge in [0.15, 0.2) is 0 Å². The molecule has 19 heavy (non-hydrogen) atoms. The van der Waals surface area contributed by atoms with Crippen LogP contribution in [0.3, 0.4) is 0 Å². The molecule has 0 fully saturated rings. The van der Waals surface area contributed by atoms with Crippen LogP contribution in [0.2, 0.25) is 0 Å². The summed E-state index contributed by atoms with van der Waals surface area (Å²) in [7, 11) is 1.99. The molecule has 1 aromatic carbocycles. The highest BCUT2D eigenvalue weighted by Gasteiger charge is 2.16. The van der Waals surface area contributed by atoms with Crippen molar-refractivity contribution in [2.24, 2.45) is 5.73 Å². The van der Waals surface area contributed by atoms with Gasteiger partial charge in [-0.3, -0.25) is 4.79 Å². The maximum absolute atomic E-state index is 10.7. The molecular formula is C15H24N2O2. The maximum Gasteiger partial charge on any atom is 0.320 e. The number of carbonyl (C=O) groups is 1. The molecule has 4 heteroatoms. The van der Waals surface area contributed by atoms with Crippen molar-refractivity contribution in [3.05, 3.63) is 28.3 Å². The number of aryl methyl sites for hydroxylation is 2. The molecule has 1 unspecified atom stereocenters. The van der Waals surface area contributed by atoms with Gasteiger partial charge in [-0.1, -0.05) is 6.07 Å². The zero-order valence-corrected chi connectivity index (χ0v) is 12.4. The van der Waals surface area contributed by atoms with Gasteiger partial charge in [0.2, 0.25) is 0 Å². The molecule has 0 bridgehead atoms. The summed E-state index contributed by atoms with van der Waals surface area (Å²) in [4.78, 5) is 12.9. The third-order valence-electron chi connectivity index (χ3n) is 3.80. The molecule has 4 nitrogen and oxygen atoms in total. The lowest BCUT2D eigenvalue weighted by atomic mass is 9.98. The summed E-state index contributed by atoms with van der Waals surface area (Å²) in [6.07, 6.45) is 0.442. The average molecular weight is 264 g/mol. The summed E-state index contributed by atoms with van der Waals surface area (Å²) >= 11 is 0. The Hall–Kier alpha value is -1.55. The van der Waals surface area contributed by atoms with Gasteiger partial charge in [0, 0.05) is 19.3 Å². The Balaban J connectivity index is 2.94. The van der Waals surface area contributed by atoms with E-state index in [1.54, 1.807) is 0 Å². The van der Waals surface area contributed by atoms with Gasteiger partial charge in [0.05, 0.1) is 0 Å². The van der Waals surface area contributed by atoms with E-state index in [-0.39, 0.29) is 0 Å². The van der Waals surface area contributed by atoms with E-state index in [9.17, 15) is 4.79 Å². The zero-order valence-electron chi connectivity index (χ0n) is 12.4. The molecule has 0 heterocycles. The first-order valence-electron chi connectivity index (χ1n) is 6.52. The van der Waals surface area contributed by atoms with Crippen molar-refractivity contribution in [3.8, 4) is 0 Å². The van der Waals surface area contributed by atoms with Crippen molar-refractivity contribution >= 4 is 11.7 Å². The number of benzene rings is 1. The minimum atomic E-state index is -0.942. The number of nitrogens with zero attached hydrogens (tertiary/aromatic N) is 1. The van der Waals surface area contributed by atoms with Gasteiger partial charge < -0.3 is 15.7 Å². The first kappa shape index (κ1) is 15.5. The molecule has 0 spiro atoms. The van der Waals surface area contributed by atoms with Crippen molar-refractivity contribution in [2.75, 3.05) is 18.5 Å². The Morgan fingerprint density at radius 1 is 1.26 bits per heavy atom. The third-order valence-corrected chi connectivity index (χ3v) is 3.80. The molecule has 0 amide bonds. The fourth-order valence-corrected chi connectivity index (χ4v) is 2.34. The van der Waals surface area contributed by atoms with Crippen molar-refractivity contribution in [1.29, 1.82) is 0 Å². The number of aliphatic carboxylic acids is 1. The van der Waals surface area contributed by atoms with Crippen molar-refractivity contribution in [3.63, 3.8) is 0 Å². The lowest BCUT2D eigenvalue weighted by Gasteiger charge is -2.26. The Kier molecular flexibility index (Phi) is 4.95. The maximum atomic E-state index is 10.7. The number of carboxylic acids is 1. The molecule has 0 aromatic heterocycles. The lowest BCUT2D eigenvalue weighted by Crippen LogP contribution is -2.34. The fourth-order valence-electron chi connectivity index (χ4n) is 2.34. The van der Waals surface area contributed by atoms with Crippen LogP contribution in [0.1, 0.15) is 28.7 Å². The first-order chi connectivity index (χ1) is 8.75. The van der Waals surface area contributed by atoms with Crippen LogP contribution in [0.25, 0.3) is 0 Å². The standard InChI is InChI=1S/C15H24N2O2/c1-9-8-10(2)12(4)14(11(9)3)17(5)7-6-13(16)15(18)19/h8,13H,6-7,16H2,1-5H3,(H,18,19). The number of nitrogens with two attached hydrogens (primary N) is 1. The predicted molar refractivity (Wildman–Crippen MR) is 78.9 cm³/mol. The van der Waals surface area contributed by atoms with Crippen LogP contribution in [0.4, 0.5) is 5.69 Å². The highest BCUT2D eigenvalue weighted by atomic mass is 16.4.